The molecule has 0 spiro atoms. The summed E-state index contributed by atoms with van der Waals surface area (Å²) >= 11 is 0. The molecule has 1 aliphatic rings. The van der Waals surface area contributed by atoms with Gasteiger partial charge in [-0.1, -0.05) is 19.1 Å². The van der Waals surface area contributed by atoms with Crippen molar-refractivity contribution >= 4 is 29.3 Å². The van der Waals surface area contributed by atoms with Gasteiger partial charge in [0.15, 0.2) is 11.6 Å². The first-order valence-electron chi connectivity index (χ1n) is 10.4. The van der Waals surface area contributed by atoms with Crippen LogP contribution in [0.15, 0.2) is 47.5 Å². The summed E-state index contributed by atoms with van der Waals surface area (Å²) < 4.78 is 49.2. The lowest BCUT2D eigenvalue weighted by atomic mass is 10.0. The molecule has 3 rings (SSSR count). The van der Waals surface area contributed by atoms with Crippen molar-refractivity contribution in [3.63, 3.8) is 0 Å². The Morgan fingerprint density at radius 2 is 2.06 bits per heavy atom. The lowest BCUT2D eigenvalue weighted by Crippen LogP contribution is -2.50. The monoisotopic (exact) mass is 461 g/mol. The highest BCUT2D eigenvalue weighted by molar-refractivity contribution is 6.15. The van der Waals surface area contributed by atoms with Crippen LogP contribution in [0.1, 0.15) is 25.8 Å². The van der Waals surface area contributed by atoms with Crippen molar-refractivity contribution in [2.24, 2.45) is 10.7 Å². The van der Waals surface area contributed by atoms with E-state index in [1.54, 1.807) is 6.07 Å². The lowest BCUT2D eigenvalue weighted by Gasteiger charge is -2.40. The summed E-state index contributed by atoms with van der Waals surface area (Å²) in [6, 6.07) is 8.59. The maximum absolute atomic E-state index is 14.4. The van der Waals surface area contributed by atoms with Crippen molar-refractivity contribution in [1.29, 1.82) is 5.41 Å². The predicted molar refractivity (Wildman–Crippen MR) is 122 cm³/mol. The maximum Gasteiger partial charge on any atom is 0.387 e. The van der Waals surface area contributed by atoms with E-state index in [4.69, 9.17) is 15.9 Å². The number of alkyl halides is 2. The van der Waals surface area contributed by atoms with E-state index in [1.165, 1.54) is 36.4 Å². The Kier molecular flexibility index (Phi) is 7.70. The van der Waals surface area contributed by atoms with Crippen LogP contribution in [0, 0.1) is 11.2 Å². The molecule has 0 amide bonds. The van der Waals surface area contributed by atoms with Gasteiger partial charge in [-0.05, 0) is 49.2 Å². The number of halogens is 3. The van der Waals surface area contributed by atoms with Gasteiger partial charge in [-0.15, -0.1) is 0 Å². The minimum Gasteiger partial charge on any atom is -0.435 e. The van der Waals surface area contributed by atoms with E-state index < -0.39 is 12.4 Å². The van der Waals surface area contributed by atoms with Crippen LogP contribution in [0.3, 0.4) is 0 Å². The summed E-state index contributed by atoms with van der Waals surface area (Å²) in [5.74, 6) is -0.310. The molecule has 0 radical (unpaired) electrons. The van der Waals surface area contributed by atoms with Crippen LogP contribution in [0.4, 0.5) is 24.8 Å². The molecule has 1 aromatic heterocycles. The second-order valence-electron chi connectivity index (χ2n) is 7.73. The van der Waals surface area contributed by atoms with Crippen LogP contribution < -0.4 is 15.4 Å². The SMILES string of the molecule is CCC1(C)CN(c2ccc(F)c(/N=C(N)/C=C(\C=N)c3ccc(OC(F)F)cc3)n2)CCO1. The van der Waals surface area contributed by atoms with E-state index in [0.29, 0.717) is 36.7 Å². The molecule has 2 aromatic rings. The third-order valence-electron chi connectivity index (χ3n) is 5.33. The van der Waals surface area contributed by atoms with Gasteiger partial charge in [0, 0.05) is 24.9 Å². The minimum atomic E-state index is -2.93. The number of hydrogen-bond acceptors (Lipinski definition) is 6. The van der Waals surface area contributed by atoms with Crippen LogP contribution in [0.25, 0.3) is 5.57 Å². The molecule has 0 aliphatic carbocycles. The smallest absolute Gasteiger partial charge is 0.387 e. The lowest BCUT2D eigenvalue weighted by molar-refractivity contribution is -0.0498. The molecule has 1 saturated heterocycles. The molecule has 176 valence electrons. The van der Waals surface area contributed by atoms with Crippen molar-refractivity contribution < 1.29 is 22.6 Å². The number of pyridine rings is 1. The zero-order chi connectivity index (χ0) is 24.0. The van der Waals surface area contributed by atoms with Gasteiger partial charge in [0.25, 0.3) is 0 Å². The number of rotatable bonds is 8. The highest BCUT2D eigenvalue weighted by atomic mass is 19.3. The summed E-state index contributed by atoms with van der Waals surface area (Å²) in [7, 11) is 0. The Labute approximate surface area is 190 Å². The number of hydrogen-bond donors (Lipinski definition) is 2. The summed E-state index contributed by atoms with van der Waals surface area (Å²) in [6.45, 7) is 2.92. The van der Waals surface area contributed by atoms with Gasteiger partial charge in [-0.3, -0.25) is 0 Å². The molecular formula is C23H26F3N5O2. The Balaban J connectivity index is 1.83. The molecule has 2 heterocycles. The zero-order valence-electron chi connectivity index (χ0n) is 18.4. The average Bonchev–Trinajstić information content (AvgIpc) is 2.79. The van der Waals surface area contributed by atoms with Gasteiger partial charge >= 0.3 is 6.61 Å². The van der Waals surface area contributed by atoms with E-state index in [0.717, 1.165) is 12.6 Å². The summed E-state index contributed by atoms with van der Waals surface area (Å²) in [5.41, 5.74) is 6.55. The highest BCUT2D eigenvalue weighted by Crippen LogP contribution is 2.27. The normalized spacial score (nSPS) is 19.6. The van der Waals surface area contributed by atoms with Crippen LogP contribution in [0.5, 0.6) is 5.75 Å². The summed E-state index contributed by atoms with van der Waals surface area (Å²) in [4.78, 5) is 10.4. The number of nitrogens with one attached hydrogen (secondary N) is 1. The van der Waals surface area contributed by atoms with Gasteiger partial charge in [-0.25, -0.2) is 14.4 Å². The van der Waals surface area contributed by atoms with Crippen LogP contribution in [-0.4, -0.2) is 48.9 Å². The first-order valence-corrected chi connectivity index (χ1v) is 10.4. The second kappa shape index (κ2) is 10.5. The molecule has 1 atom stereocenters. The third kappa shape index (κ3) is 6.32. The summed E-state index contributed by atoms with van der Waals surface area (Å²) in [5, 5.41) is 7.64. The number of benzene rings is 1. The van der Waals surface area contributed by atoms with Crippen LogP contribution in [0.2, 0.25) is 0 Å². The van der Waals surface area contributed by atoms with Crippen molar-refractivity contribution in [2.75, 3.05) is 24.6 Å². The van der Waals surface area contributed by atoms with Crippen molar-refractivity contribution in [2.45, 2.75) is 32.5 Å². The topological polar surface area (TPSA) is 96.8 Å². The maximum atomic E-state index is 14.4. The minimum absolute atomic E-state index is 0.00918. The molecule has 1 aromatic carbocycles. The molecule has 1 unspecified atom stereocenters. The predicted octanol–water partition coefficient (Wildman–Crippen LogP) is 4.55. The molecular weight excluding hydrogens is 435 g/mol. The number of anilines is 1. The van der Waals surface area contributed by atoms with E-state index >= 15 is 0 Å². The number of morpholine rings is 1. The van der Waals surface area contributed by atoms with Gasteiger partial charge in [0.2, 0.25) is 0 Å². The number of amidine groups is 1. The molecule has 1 fully saturated rings. The highest BCUT2D eigenvalue weighted by Gasteiger charge is 2.31. The Hall–Kier alpha value is -3.40. The molecule has 7 nitrogen and oxygen atoms in total. The van der Waals surface area contributed by atoms with Gasteiger partial charge in [-0.2, -0.15) is 8.78 Å². The number of nitrogens with two attached hydrogens (primary N) is 1. The third-order valence-corrected chi connectivity index (χ3v) is 5.33. The molecule has 1 aliphatic heterocycles. The molecule has 33 heavy (non-hydrogen) atoms. The fourth-order valence-corrected chi connectivity index (χ4v) is 3.37. The Morgan fingerprint density at radius 1 is 1.33 bits per heavy atom. The first kappa shape index (κ1) is 24.2. The van der Waals surface area contributed by atoms with Crippen LogP contribution >= 0.6 is 0 Å². The van der Waals surface area contributed by atoms with E-state index in [2.05, 4.69) is 14.7 Å². The Morgan fingerprint density at radius 3 is 2.70 bits per heavy atom. The number of allylic oxidation sites excluding steroid dienone is 1. The van der Waals surface area contributed by atoms with Crippen molar-refractivity contribution in [3.8, 4) is 5.75 Å². The largest absolute Gasteiger partial charge is 0.435 e. The van der Waals surface area contributed by atoms with Crippen molar-refractivity contribution in [3.05, 3.63) is 53.9 Å². The molecule has 10 heteroatoms. The number of aliphatic imine (C=N–C) groups is 1. The first-order chi connectivity index (χ1) is 15.7. The number of nitrogens with zero attached hydrogens (tertiary/aromatic N) is 3. The second-order valence-corrected chi connectivity index (χ2v) is 7.73. The van der Waals surface area contributed by atoms with E-state index in [-0.39, 0.29) is 23.0 Å². The standard InChI is InChI=1S/C23H26F3N5O2/c1-3-23(2)14-31(10-11-32-23)20-9-8-18(24)21(30-20)29-19(28)12-16(13-27)15-4-6-17(7-5-15)33-22(25)26/h4-9,12-13,22,27H,3,10-11,14H2,1-2H3,(H2,28,29,30)/b16-12+,27-13?. The van der Waals surface area contributed by atoms with Gasteiger partial charge in [0.1, 0.15) is 17.4 Å². The fourth-order valence-electron chi connectivity index (χ4n) is 3.37. The van der Waals surface area contributed by atoms with Crippen LogP contribution in [-0.2, 0) is 4.74 Å². The number of ether oxygens (including phenoxy) is 2. The fraction of sp³-hybridized carbons (Fsp3) is 0.348. The Bertz CT molecular complexity index is 1040. The van der Waals surface area contributed by atoms with E-state index in [9.17, 15) is 13.2 Å². The molecule has 0 bridgehead atoms. The number of aromatic nitrogens is 1. The van der Waals surface area contributed by atoms with E-state index in [1.807, 2.05) is 18.7 Å². The average molecular weight is 461 g/mol. The van der Waals surface area contributed by atoms with Crippen molar-refractivity contribution in [1.82, 2.24) is 4.98 Å². The quantitative estimate of drug-likeness (QED) is 0.444. The van der Waals surface area contributed by atoms with Gasteiger partial charge < -0.3 is 25.5 Å². The zero-order valence-corrected chi connectivity index (χ0v) is 18.4. The molecule has 3 N–H and O–H groups in total. The molecule has 0 saturated carbocycles. The van der Waals surface area contributed by atoms with Gasteiger partial charge in [0.05, 0.1) is 12.2 Å². The summed E-state index contributed by atoms with van der Waals surface area (Å²) in [6.07, 6.45) is 3.24.